The van der Waals surface area contributed by atoms with E-state index in [-0.39, 0.29) is 109 Å². The van der Waals surface area contributed by atoms with Crippen molar-refractivity contribution < 1.29 is 108 Å². The third kappa shape index (κ3) is 23.0. The van der Waals surface area contributed by atoms with Crippen LogP contribution in [0.4, 0.5) is 24.1 Å². The van der Waals surface area contributed by atoms with E-state index in [0.717, 1.165) is 37.5 Å². The Bertz CT molecular complexity index is 3630. The van der Waals surface area contributed by atoms with Crippen LogP contribution in [-0.4, -0.2) is 226 Å². The predicted octanol–water partition coefficient (Wildman–Crippen LogP) is 4.33. The second-order valence-electron chi connectivity index (χ2n) is 29.7. The summed E-state index contributed by atoms with van der Waals surface area (Å²) >= 11 is 0. The van der Waals surface area contributed by atoms with Crippen molar-refractivity contribution in [2.24, 2.45) is 46.0 Å². The van der Waals surface area contributed by atoms with Crippen LogP contribution in [0.25, 0.3) is 0 Å². The van der Waals surface area contributed by atoms with Gasteiger partial charge in [-0.05, 0) is 131 Å². The van der Waals surface area contributed by atoms with E-state index < -0.39 is 158 Å². The van der Waals surface area contributed by atoms with Crippen molar-refractivity contribution in [1.29, 1.82) is 0 Å². The summed E-state index contributed by atoms with van der Waals surface area (Å²) in [5, 5.41) is 36.7. The number of ketones is 3. The van der Waals surface area contributed by atoms with E-state index in [2.05, 4.69) is 42.2 Å². The molecule has 14 atom stereocenters. The Morgan fingerprint density at radius 3 is 2.21 bits per heavy atom. The summed E-state index contributed by atoms with van der Waals surface area (Å²) in [7, 11) is -4.14. The first-order valence-electron chi connectivity index (χ1n) is 38.0. The number of anilines is 1. The fourth-order valence-corrected chi connectivity index (χ4v) is 16.5. The number of benzene rings is 1. The highest BCUT2D eigenvalue weighted by molar-refractivity contribution is 7.85. The summed E-state index contributed by atoms with van der Waals surface area (Å²) in [6.07, 6.45) is 3.38. The number of nitrogens with zero attached hydrogens (tertiary/aromatic N) is 3. The number of urea groups is 1. The maximum Gasteiger partial charge on any atom is 0.407 e. The van der Waals surface area contributed by atoms with Crippen molar-refractivity contribution >= 4 is 68.9 Å². The second kappa shape index (κ2) is 40.8. The zero-order valence-corrected chi connectivity index (χ0v) is 63.9. The lowest BCUT2D eigenvalue weighted by molar-refractivity contribution is -0.233. The molecule has 2 unspecified atom stereocenters. The van der Waals surface area contributed by atoms with Crippen molar-refractivity contribution in [1.82, 2.24) is 41.6 Å². The smallest absolute Gasteiger partial charge is 0.407 e. The third-order valence-corrected chi connectivity index (χ3v) is 22.5. The van der Waals surface area contributed by atoms with Gasteiger partial charge in [-0.1, -0.05) is 70.4 Å². The Balaban J connectivity index is 0.724. The number of hydrogen-bond donors (Lipinski definition) is 10. The first kappa shape index (κ1) is 87.3. The molecule has 608 valence electrons. The number of amides is 7. The number of rotatable bonds is 45. The van der Waals surface area contributed by atoms with Gasteiger partial charge in [-0.2, -0.15) is 8.42 Å². The van der Waals surface area contributed by atoms with Gasteiger partial charge < -0.3 is 86.4 Å². The maximum atomic E-state index is 18.0. The van der Waals surface area contributed by atoms with E-state index in [1.165, 1.54) is 19.1 Å². The SMILES string of the molecule is CCCC1O[C@@H]2C[C@H]3[C@@H]4C[C@H](F)C5=CC(=O)C=C[C@]5(C)[C@@]4(F)[C@@H](O)C[C@]3(C)[C@]2(C(=O)CNC(=O)OCc2ccc(NC(=O)[C@H](CCCNC(N)=O)CC(=O)[C@@H](NC(=O)[C@H](N)CCCCNC(=O)COC3CCCCCc4c3nnn4CCOCCOCCOCCOCCC(=O)NCCS(=O)(=O)O)C(C)C)cc2)O1. The summed E-state index contributed by atoms with van der Waals surface area (Å²) in [4.78, 5) is 118. The molecule has 2 heterocycles. The lowest BCUT2D eigenvalue weighted by Gasteiger charge is -2.63. The van der Waals surface area contributed by atoms with E-state index >= 15 is 8.78 Å². The number of primary amides is 1. The van der Waals surface area contributed by atoms with Crippen LogP contribution >= 0.6 is 0 Å². The van der Waals surface area contributed by atoms with Gasteiger partial charge in [-0.25, -0.2) is 23.1 Å². The summed E-state index contributed by atoms with van der Waals surface area (Å²) in [6, 6.07) is 3.55. The fourth-order valence-electron chi connectivity index (χ4n) is 16.1. The molecule has 4 fully saturated rings. The summed E-state index contributed by atoms with van der Waals surface area (Å²) in [5.41, 5.74) is 7.03. The maximum absolute atomic E-state index is 18.0. The number of carbonyl (C=O) groups excluding carboxylic acids is 9. The second-order valence-corrected chi connectivity index (χ2v) is 31.3. The molecule has 6 aliphatic rings. The third-order valence-electron chi connectivity index (χ3n) is 21.8. The molecule has 12 N–H and O–H groups in total. The number of Topliss-reactive ketones (excluding diaryl/α,β-unsaturated/α-hetero) is 2. The van der Waals surface area contributed by atoms with Gasteiger partial charge in [-0.15, -0.1) is 5.10 Å². The molecule has 35 heteroatoms. The van der Waals surface area contributed by atoms with Crippen LogP contribution in [-0.2, 0) is 101 Å². The van der Waals surface area contributed by atoms with Gasteiger partial charge in [0.15, 0.2) is 34.9 Å². The molecular weight excluding hydrogens is 1450 g/mol. The number of nitrogens with two attached hydrogens (primary N) is 2. The molecule has 3 saturated carbocycles. The van der Waals surface area contributed by atoms with Crippen LogP contribution in [0, 0.1) is 34.5 Å². The number of nitrogens with one attached hydrogen (secondary N) is 6. The van der Waals surface area contributed by atoms with Crippen LogP contribution < -0.4 is 43.4 Å². The van der Waals surface area contributed by atoms with Gasteiger partial charge in [0.1, 0.15) is 31.2 Å². The summed E-state index contributed by atoms with van der Waals surface area (Å²) in [5.74, 6) is -6.96. The van der Waals surface area contributed by atoms with E-state index in [1.54, 1.807) is 45.0 Å². The molecule has 109 heavy (non-hydrogen) atoms. The number of aliphatic hydroxyl groups excluding tert-OH is 1. The van der Waals surface area contributed by atoms with Crippen molar-refractivity contribution in [2.75, 3.05) is 96.7 Å². The summed E-state index contributed by atoms with van der Waals surface area (Å²) < 4.78 is 113. The van der Waals surface area contributed by atoms with Crippen molar-refractivity contribution in [3.05, 3.63) is 65.0 Å². The average Bonchev–Trinajstić information content (AvgIpc) is 1.54. The Morgan fingerprint density at radius 1 is 0.835 bits per heavy atom. The summed E-state index contributed by atoms with van der Waals surface area (Å²) in [6.45, 7) is 10.7. The van der Waals surface area contributed by atoms with Crippen LogP contribution in [0.3, 0.4) is 0 Å². The number of alkyl halides is 2. The normalized spacial score (nSPS) is 26.4. The van der Waals surface area contributed by atoms with Crippen LogP contribution in [0.1, 0.15) is 160 Å². The number of halogens is 2. The number of fused-ring (bicyclic) bond motifs is 8. The van der Waals surface area contributed by atoms with Crippen LogP contribution in [0.15, 0.2) is 48.1 Å². The number of unbranched alkanes of at least 4 members (excludes halogenated alkanes) is 1. The highest BCUT2D eigenvalue weighted by Crippen LogP contribution is 2.72. The van der Waals surface area contributed by atoms with Gasteiger partial charge in [0.05, 0.1) is 102 Å². The molecular formula is C74H111F2N11O21S. The Kier molecular flexibility index (Phi) is 32.6. The molecule has 0 spiro atoms. The molecule has 8 rings (SSSR count). The predicted molar refractivity (Wildman–Crippen MR) is 389 cm³/mol. The molecule has 0 bridgehead atoms. The highest BCUT2D eigenvalue weighted by atomic mass is 32.2. The number of hydrogen-bond acceptors (Lipinski definition) is 23. The van der Waals surface area contributed by atoms with Crippen molar-refractivity contribution in [3.63, 3.8) is 0 Å². The molecule has 7 amide bonds. The monoisotopic (exact) mass is 1560 g/mol. The lowest BCUT2D eigenvalue weighted by Crippen LogP contribution is -2.71. The lowest BCUT2D eigenvalue weighted by atomic mass is 9.44. The van der Waals surface area contributed by atoms with Crippen molar-refractivity contribution in [2.45, 2.75) is 211 Å². The first-order chi connectivity index (χ1) is 51.9. The first-order valence-corrected chi connectivity index (χ1v) is 39.6. The van der Waals surface area contributed by atoms with Gasteiger partial charge in [0.2, 0.25) is 23.6 Å². The van der Waals surface area contributed by atoms with E-state index in [1.807, 2.05) is 11.6 Å². The molecule has 5 aliphatic carbocycles. The van der Waals surface area contributed by atoms with E-state index in [0.29, 0.717) is 95.2 Å². The Labute approximate surface area is 634 Å². The fraction of sp³-hybridized carbons (Fsp3) is 0.716. The number of ether oxygens (including phenoxy) is 8. The molecule has 2 aromatic rings. The number of aliphatic hydroxyl groups is 1. The Hall–Kier alpha value is -7.32. The van der Waals surface area contributed by atoms with E-state index in [9.17, 15) is 56.7 Å². The molecule has 1 aromatic carbocycles. The van der Waals surface area contributed by atoms with Gasteiger partial charge in [-0.3, -0.25) is 38.1 Å². The number of alkyl carbamates (subject to hydrolysis) is 1. The zero-order chi connectivity index (χ0) is 79.1. The van der Waals surface area contributed by atoms with E-state index in [4.69, 9.17) is 53.9 Å². The zero-order valence-electron chi connectivity index (χ0n) is 63.0. The minimum Gasteiger partial charge on any atom is -0.445 e. The largest absolute Gasteiger partial charge is 0.445 e. The minimum atomic E-state index is -4.14. The molecule has 1 aliphatic heterocycles. The number of aromatic nitrogens is 3. The average molecular weight is 1560 g/mol. The van der Waals surface area contributed by atoms with Crippen molar-refractivity contribution in [3.8, 4) is 0 Å². The standard InChI is InChI=1S/C74H111F2N11O21S/c1-6-13-64-107-61-41-51-52-40-54(75)53-39-50(88)22-24-71(53,4)73(52,76)59(90)42-72(51,5)74(61,108-64)60(91)43-82-70(97)106-44-47-18-20-49(21-19-47)83-67(94)48(14-12-26-81-69(78)96)38-57(89)65(46(2)3)84-68(95)55(77)15-10-11-25-79-63(93)45-105-58-17-9-7-8-16-56-66(58)85-86-87(56)28-30-102-32-34-104-36-35-103-33-31-101-29-23-62(92)80-27-37-109(98,99)100/h18-22,24,39,46,48,51-52,54-55,58-59,61,64-65,90H,6-17,23,25-38,40-45,77H2,1-5H3,(H,79,93)(H,80,92)(H,82,97)(H,83,94)(H,84,95)(H3,78,81,96)(H,98,99,100)/t48-,51+,52+,54+,55-,58?,59+,61-,64?,65+,71+,72+,73+,74-/m1/s1. The van der Waals surface area contributed by atoms with Gasteiger partial charge in [0, 0.05) is 60.8 Å². The highest BCUT2D eigenvalue weighted by Gasteiger charge is 2.80. The Morgan fingerprint density at radius 2 is 1.52 bits per heavy atom. The number of allylic oxidation sites excluding steroid dienone is 4. The molecule has 0 radical (unpaired) electrons. The molecule has 32 nitrogen and oxygen atoms in total. The minimum absolute atomic E-state index is 0.0231. The van der Waals surface area contributed by atoms with Gasteiger partial charge >= 0.3 is 12.1 Å². The number of carbonyl (C=O) groups is 9. The van der Waals surface area contributed by atoms with Crippen LogP contribution in [0.2, 0.25) is 0 Å². The topological polar surface area (TPSA) is 457 Å². The quantitative estimate of drug-likeness (QED) is 0.0326. The van der Waals surface area contributed by atoms with Gasteiger partial charge in [0.25, 0.3) is 10.1 Å². The molecule has 1 saturated heterocycles. The molecule has 1 aromatic heterocycles. The van der Waals surface area contributed by atoms with Crippen LogP contribution in [0.5, 0.6) is 0 Å².